The van der Waals surface area contributed by atoms with Crippen LogP contribution >= 0.6 is 0 Å². The Morgan fingerprint density at radius 3 is 2.31 bits per heavy atom. The minimum absolute atomic E-state index is 0.0175. The highest BCUT2D eigenvalue weighted by Crippen LogP contribution is 1.96. The fourth-order valence-electron chi connectivity index (χ4n) is 0.872. The maximum Gasteiger partial charge on any atom is 0.228 e. The highest BCUT2D eigenvalue weighted by atomic mass is 16.2. The summed E-state index contributed by atoms with van der Waals surface area (Å²) in [7, 11) is 0. The van der Waals surface area contributed by atoms with Crippen LogP contribution < -0.4 is 0 Å². The lowest BCUT2D eigenvalue weighted by molar-refractivity contribution is -0.138. The number of hydrogen-bond donors (Lipinski definition) is 0. The van der Waals surface area contributed by atoms with E-state index < -0.39 is 0 Å². The third-order valence-electron chi connectivity index (χ3n) is 1.62. The summed E-state index contributed by atoms with van der Waals surface area (Å²) in [5.41, 5.74) is 0. The van der Waals surface area contributed by atoms with Gasteiger partial charge in [0.25, 0.3) is 0 Å². The Morgan fingerprint density at radius 1 is 1.31 bits per heavy atom. The summed E-state index contributed by atoms with van der Waals surface area (Å²) in [5.74, 6) is -0.227. The van der Waals surface area contributed by atoms with E-state index in [9.17, 15) is 14.4 Å². The summed E-state index contributed by atoms with van der Waals surface area (Å²) < 4.78 is 0. The Morgan fingerprint density at radius 2 is 1.92 bits per heavy atom. The molecule has 13 heavy (non-hydrogen) atoms. The summed E-state index contributed by atoms with van der Waals surface area (Å²) in [6, 6.07) is 0. The van der Waals surface area contributed by atoms with Crippen LogP contribution in [0.5, 0.6) is 0 Å². The quantitative estimate of drug-likeness (QED) is 0.574. The SMILES string of the molecule is CCCC(=O)N(C=O)CCC(C)=O. The number of carbonyl (C=O) groups is 3. The van der Waals surface area contributed by atoms with Gasteiger partial charge >= 0.3 is 0 Å². The van der Waals surface area contributed by atoms with Crippen molar-refractivity contribution in [2.24, 2.45) is 0 Å². The Bertz CT molecular complexity index is 201. The first-order valence-corrected chi connectivity index (χ1v) is 4.36. The standard InChI is InChI=1S/C9H15NO3/c1-3-4-9(13)10(7-11)6-5-8(2)12/h7H,3-6H2,1-2H3. The fraction of sp³-hybridized carbons (Fsp3) is 0.667. The summed E-state index contributed by atoms with van der Waals surface area (Å²) >= 11 is 0. The van der Waals surface area contributed by atoms with Crippen molar-refractivity contribution < 1.29 is 14.4 Å². The van der Waals surface area contributed by atoms with E-state index in [-0.39, 0.29) is 24.7 Å². The van der Waals surface area contributed by atoms with Gasteiger partial charge in [-0.15, -0.1) is 0 Å². The maximum atomic E-state index is 11.2. The molecule has 0 unspecified atom stereocenters. The number of Topliss-reactive ketones (excluding diaryl/α,β-unsaturated/α-hetero) is 1. The van der Waals surface area contributed by atoms with E-state index >= 15 is 0 Å². The average molecular weight is 185 g/mol. The molecule has 0 aromatic carbocycles. The van der Waals surface area contributed by atoms with Gasteiger partial charge in [-0.1, -0.05) is 6.92 Å². The van der Waals surface area contributed by atoms with Gasteiger partial charge in [0.15, 0.2) is 0 Å². The zero-order valence-corrected chi connectivity index (χ0v) is 8.08. The average Bonchev–Trinajstić information content (AvgIpc) is 2.05. The zero-order valence-electron chi connectivity index (χ0n) is 8.08. The van der Waals surface area contributed by atoms with Crippen LogP contribution in [0.2, 0.25) is 0 Å². The Balaban J connectivity index is 3.94. The minimum Gasteiger partial charge on any atom is -0.300 e. The van der Waals surface area contributed by atoms with Crippen molar-refractivity contribution in [3.8, 4) is 0 Å². The van der Waals surface area contributed by atoms with Crippen LogP contribution in [0.15, 0.2) is 0 Å². The molecule has 0 aliphatic rings. The van der Waals surface area contributed by atoms with Crippen molar-refractivity contribution in [1.82, 2.24) is 4.90 Å². The molecule has 74 valence electrons. The molecule has 0 aliphatic carbocycles. The second-order valence-corrected chi connectivity index (χ2v) is 2.89. The molecule has 0 aliphatic heterocycles. The monoisotopic (exact) mass is 185 g/mol. The third kappa shape index (κ3) is 5.11. The van der Waals surface area contributed by atoms with E-state index in [0.717, 1.165) is 4.90 Å². The van der Waals surface area contributed by atoms with Crippen molar-refractivity contribution in [3.63, 3.8) is 0 Å². The van der Waals surface area contributed by atoms with Crippen molar-refractivity contribution in [2.75, 3.05) is 6.54 Å². The Hall–Kier alpha value is -1.19. The van der Waals surface area contributed by atoms with E-state index in [1.165, 1.54) is 6.92 Å². The smallest absolute Gasteiger partial charge is 0.228 e. The molecule has 0 heterocycles. The molecular weight excluding hydrogens is 170 g/mol. The van der Waals surface area contributed by atoms with Gasteiger partial charge in [-0.05, 0) is 13.3 Å². The second kappa shape index (κ2) is 6.34. The van der Waals surface area contributed by atoms with Gasteiger partial charge in [-0.3, -0.25) is 19.3 Å². The molecule has 0 fully saturated rings. The Labute approximate surface area is 77.9 Å². The summed E-state index contributed by atoms with van der Waals surface area (Å²) in [4.78, 5) is 33.2. The zero-order chi connectivity index (χ0) is 10.3. The highest BCUT2D eigenvalue weighted by Gasteiger charge is 2.11. The molecule has 0 rings (SSSR count). The number of hydrogen-bond acceptors (Lipinski definition) is 3. The molecule has 4 heteroatoms. The van der Waals surface area contributed by atoms with E-state index in [0.29, 0.717) is 19.3 Å². The van der Waals surface area contributed by atoms with Crippen LogP contribution in [-0.2, 0) is 14.4 Å². The lowest BCUT2D eigenvalue weighted by Crippen LogP contribution is -2.31. The molecule has 0 radical (unpaired) electrons. The number of ketones is 1. The molecular formula is C9H15NO3. The van der Waals surface area contributed by atoms with Crippen molar-refractivity contribution in [3.05, 3.63) is 0 Å². The first-order chi connectivity index (χ1) is 6.11. The Kier molecular flexibility index (Phi) is 5.76. The van der Waals surface area contributed by atoms with Gasteiger partial charge in [0, 0.05) is 19.4 Å². The number of nitrogens with zero attached hydrogens (tertiary/aromatic N) is 1. The van der Waals surface area contributed by atoms with Crippen LogP contribution in [0.3, 0.4) is 0 Å². The number of imide groups is 1. The molecule has 0 atom stereocenters. The lowest BCUT2D eigenvalue weighted by atomic mass is 10.2. The van der Waals surface area contributed by atoms with E-state index in [1.807, 2.05) is 6.92 Å². The number of rotatable bonds is 6. The van der Waals surface area contributed by atoms with Crippen LogP contribution in [0.25, 0.3) is 0 Å². The summed E-state index contributed by atoms with van der Waals surface area (Å²) in [6.07, 6.45) is 1.80. The topological polar surface area (TPSA) is 54.5 Å². The van der Waals surface area contributed by atoms with E-state index in [4.69, 9.17) is 0 Å². The van der Waals surface area contributed by atoms with Crippen molar-refractivity contribution in [2.45, 2.75) is 33.1 Å². The van der Waals surface area contributed by atoms with Crippen LogP contribution in [-0.4, -0.2) is 29.5 Å². The van der Waals surface area contributed by atoms with Gasteiger partial charge in [0.05, 0.1) is 0 Å². The van der Waals surface area contributed by atoms with E-state index in [2.05, 4.69) is 0 Å². The molecule has 0 saturated carbocycles. The predicted octanol–water partition coefficient (Wildman–Crippen LogP) is 0.751. The van der Waals surface area contributed by atoms with Gasteiger partial charge in [-0.25, -0.2) is 0 Å². The number of carbonyl (C=O) groups excluding carboxylic acids is 3. The normalized spacial score (nSPS) is 9.38. The third-order valence-corrected chi connectivity index (χ3v) is 1.62. The molecule has 0 N–H and O–H groups in total. The molecule has 0 aromatic rings. The molecule has 0 saturated heterocycles. The first-order valence-electron chi connectivity index (χ1n) is 4.36. The van der Waals surface area contributed by atoms with Gasteiger partial charge < -0.3 is 0 Å². The van der Waals surface area contributed by atoms with Crippen molar-refractivity contribution in [1.29, 1.82) is 0 Å². The molecule has 2 amide bonds. The largest absolute Gasteiger partial charge is 0.300 e. The molecule has 4 nitrogen and oxygen atoms in total. The van der Waals surface area contributed by atoms with Gasteiger partial charge in [0.1, 0.15) is 5.78 Å². The van der Waals surface area contributed by atoms with Crippen molar-refractivity contribution >= 4 is 18.1 Å². The maximum absolute atomic E-state index is 11.2. The first kappa shape index (κ1) is 11.8. The van der Waals surface area contributed by atoms with Crippen LogP contribution in [0.4, 0.5) is 0 Å². The highest BCUT2D eigenvalue weighted by molar-refractivity contribution is 5.86. The predicted molar refractivity (Wildman–Crippen MR) is 48.0 cm³/mol. The minimum atomic E-state index is -0.209. The van der Waals surface area contributed by atoms with E-state index in [1.54, 1.807) is 0 Å². The molecule has 0 aromatic heterocycles. The molecule has 0 bridgehead atoms. The second-order valence-electron chi connectivity index (χ2n) is 2.89. The van der Waals surface area contributed by atoms with Gasteiger partial charge in [-0.2, -0.15) is 0 Å². The van der Waals surface area contributed by atoms with Crippen LogP contribution in [0, 0.1) is 0 Å². The number of amides is 2. The molecule has 0 spiro atoms. The summed E-state index contributed by atoms with van der Waals surface area (Å²) in [6.45, 7) is 3.51. The summed E-state index contributed by atoms with van der Waals surface area (Å²) in [5, 5.41) is 0. The lowest BCUT2D eigenvalue weighted by Gasteiger charge is -2.13. The van der Waals surface area contributed by atoms with Crippen LogP contribution in [0.1, 0.15) is 33.1 Å². The fourth-order valence-corrected chi connectivity index (χ4v) is 0.872. The van der Waals surface area contributed by atoms with Gasteiger partial charge in [0.2, 0.25) is 12.3 Å².